The number of hydrogen-bond acceptors (Lipinski definition) is 4. The van der Waals surface area contributed by atoms with Crippen LogP contribution in [-0.4, -0.2) is 15.5 Å². The molecule has 4 nitrogen and oxygen atoms in total. The van der Waals surface area contributed by atoms with Crippen LogP contribution < -0.4 is 10.9 Å². The van der Waals surface area contributed by atoms with Gasteiger partial charge in [-0.25, -0.2) is 4.98 Å². The second kappa shape index (κ2) is 5.84. The fraction of sp³-hybridized carbons (Fsp3) is 0.571. The zero-order chi connectivity index (χ0) is 13.9. The molecule has 0 spiro atoms. The van der Waals surface area contributed by atoms with Crippen molar-refractivity contribution in [3.63, 3.8) is 0 Å². The number of aromatic amines is 1. The Morgan fingerprint density at radius 3 is 2.63 bits per heavy atom. The van der Waals surface area contributed by atoms with Gasteiger partial charge in [0.15, 0.2) is 0 Å². The molecule has 0 amide bonds. The molecule has 2 aromatic heterocycles. The lowest BCUT2D eigenvalue weighted by Gasteiger charge is -2.31. The summed E-state index contributed by atoms with van der Waals surface area (Å²) >= 11 is 1.43. The summed E-state index contributed by atoms with van der Waals surface area (Å²) in [5.41, 5.74) is 0.898. The van der Waals surface area contributed by atoms with Gasteiger partial charge in [-0.05, 0) is 30.7 Å². The Labute approximate surface area is 117 Å². The van der Waals surface area contributed by atoms with E-state index in [-0.39, 0.29) is 11.1 Å². The molecule has 0 saturated heterocycles. The van der Waals surface area contributed by atoms with Crippen LogP contribution in [0.15, 0.2) is 16.2 Å². The number of H-pyrrole nitrogens is 1. The number of thiophene rings is 1. The molecule has 2 N–H and O–H groups in total. The third-order valence-electron chi connectivity index (χ3n) is 4.03. The first-order chi connectivity index (χ1) is 9.14. The Hall–Kier alpha value is -1.20. The quantitative estimate of drug-likeness (QED) is 0.854. The first-order valence-corrected chi connectivity index (χ1v) is 7.73. The van der Waals surface area contributed by atoms with Gasteiger partial charge in [-0.15, -0.1) is 11.3 Å². The van der Waals surface area contributed by atoms with Gasteiger partial charge in [0.1, 0.15) is 10.5 Å². The third kappa shape index (κ3) is 2.87. The van der Waals surface area contributed by atoms with Gasteiger partial charge >= 0.3 is 0 Å². The van der Waals surface area contributed by atoms with Crippen molar-refractivity contribution < 1.29 is 0 Å². The van der Waals surface area contributed by atoms with E-state index in [2.05, 4.69) is 36.1 Å². The average molecular weight is 279 g/mol. The summed E-state index contributed by atoms with van der Waals surface area (Å²) in [5.74, 6) is 0.718. The van der Waals surface area contributed by atoms with Crippen molar-refractivity contribution in [3.05, 3.63) is 27.6 Å². The second-order valence-corrected chi connectivity index (χ2v) is 5.76. The minimum absolute atomic E-state index is 0.0353. The van der Waals surface area contributed by atoms with Gasteiger partial charge in [0, 0.05) is 5.54 Å². The molecule has 0 radical (unpaired) electrons. The van der Waals surface area contributed by atoms with Crippen LogP contribution in [0, 0.1) is 0 Å². The van der Waals surface area contributed by atoms with Gasteiger partial charge < -0.3 is 10.3 Å². The summed E-state index contributed by atoms with van der Waals surface area (Å²) in [5, 5.41) is 5.45. The molecular weight excluding hydrogens is 258 g/mol. The first-order valence-electron chi connectivity index (χ1n) is 6.85. The SMILES string of the molecule is CCC(CC)(CC)NCc1nc2ccsc2c(=O)[nH]1. The van der Waals surface area contributed by atoms with E-state index < -0.39 is 0 Å². The van der Waals surface area contributed by atoms with Crippen LogP contribution in [0.5, 0.6) is 0 Å². The van der Waals surface area contributed by atoms with Crippen molar-refractivity contribution in [3.8, 4) is 0 Å². The average Bonchev–Trinajstić information content (AvgIpc) is 2.90. The lowest BCUT2D eigenvalue weighted by atomic mass is 9.90. The molecule has 2 heterocycles. The summed E-state index contributed by atoms with van der Waals surface area (Å²) in [7, 11) is 0. The Bertz CT molecular complexity index is 590. The summed E-state index contributed by atoms with van der Waals surface area (Å²) in [6.45, 7) is 7.19. The summed E-state index contributed by atoms with van der Waals surface area (Å²) in [4.78, 5) is 19.2. The van der Waals surface area contributed by atoms with Crippen LogP contribution >= 0.6 is 11.3 Å². The van der Waals surface area contributed by atoms with Gasteiger partial charge in [-0.2, -0.15) is 0 Å². The van der Waals surface area contributed by atoms with Crippen molar-refractivity contribution in [2.75, 3.05) is 0 Å². The number of fused-ring (bicyclic) bond motifs is 1. The highest BCUT2D eigenvalue weighted by molar-refractivity contribution is 7.17. The maximum atomic E-state index is 11.9. The molecule has 0 fully saturated rings. The lowest BCUT2D eigenvalue weighted by Crippen LogP contribution is -2.43. The van der Waals surface area contributed by atoms with Crippen molar-refractivity contribution in [2.45, 2.75) is 52.1 Å². The van der Waals surface area contributed by atoms with Crippen LogP contribution in [0.2, 0.25) is 0 Å². The molecule has 0 saturated carbocycles. The lowest BCUT2D eigenvalue weighted by molar-refractivity contribution is 0.285. The second-order valence-electron chi connectivity index (χ2n) is 4.84. The Morgan fingerprint density at radius 2 is 2.00 bits per heavy atom. The molecule has 0 unspecified atom stereocenters. The van der Waals surface area contributed by atoms with Crippen LogP contribution in [0.25, 0.3) is 10.2 Å². The van der Waals surface area contributed by atoms with E-state index in [0.717, 1.165) is 30.6 Å². The van der Waals surface area contributed by atoms with Gasteiger partial charge in [0.05, 0.1) is 12.1 Å². The van der Waals surface area contributed by atoms with Crippen molar-refractivity contribution in [1.82, 2.24) is 15.3 Å². The van der Waals surface area contributed by atoms with E-state index in [1.165, 1.54) is 11.3 Å². The van der Waals surface area contributed by atoms with E-state index in [4.69, 9.17) is 0 Å². The maximum absolute atomic E-state index is 11.9. The highest BCUT2D eigenvalue weighted by Gasteiger charge is 2.23. The van der Waals surface area contributed by atoms with Gasteiger partial charge in [0.25, 0.3) is 5.56 Å². The van der Waals surface area contributed by atoms with Crippen LogP contribution in [0.1, 0.15) is 45.9 Å². The largest absolute Gasteiger partial charge is 0.308 e. The molecule has 104 valence electrons. The molecule has 0 atom stereocenters. The topological polar surface area (TPSA) is 57.8 Å². The zero-order valence-corrected chi connectivity index (χ0v) is 12.6. The predicted molar refractivity (Wildman–Crippen MR) is 80.7 cm³/mol. The molecule has 0 aliphatic rings. The van der Waals surface area contributed by atoms with E-state index in [0.29, 0.717) is 11.2 Å². The van der Waals surface area contributed by atoms with Gasteiger partial charge in [0.2, 0.25) is 0 Å². The highest BCUT2D eigenvalue weighted by Crippen LogP contribution is 2.20. The molecular formula is C14H21N3OS. The molecule has 0 aliphatic carbocycles. The maximum Gasteiger partial charge on any atom is 0.268 e. The van der Waals surface area contributed by atoms with Crippen LogP contribution in [0.3, 0.4) is 0 Å². The predicted octanol–water partition coefficient (Wildman–Crippen LogP) is 3.04. The van der Waals surface area contributed by atoms with E-state index in [1.807, 2.05) is 11.4 Å². The first kappa shape index (κ1) is 14.2. The van der Waals surface area contributed by atoms with Crippen molar-refractivity contribution in [1.29, 1.82) is 0 Å². The number of aromatic nitrogens is 2. The monoisotopic (exact) mass is 279 g/mol. The smallest absolute Gasteiger partial charge is 0.268 e. The molecule has 5 heteroatoms. The number of nitrogens with one attached hydrogen (secondary N) is 2. The Kier molecular flexibility index (Phi) is 4.37. The van der Waals surface area contributed by atoms with Gasteiger partial charge in [-0.1, -0.05) is 20.8 Å². The molecule has 0 bridgehead atoms. The minimum Gasteiger partial charge on any atom is -0.308 e. The van der Waals surface area contributed by atoms with Crippen molar-refractivity contribution in [2.24, 2.45) is 0 Å². The Morgan fingerprint density at radius 1 is 1.32 bits per heavy atom. The number of nitrogens with zero attached hydrogens (tertiary/aromatic N) is 1. The summed E-state index contributed by atoms with van der Waals surface area (Å²) < 4.78 is 0.705. The zero-order valence-electron chi connectivity index (χ0n) is 11.7. The van der Waals surface area contributed by atoms with Crippen LogP contribution in [-0.2, 0) is 6.54 Å². The normalized spacial score (nSPS) is 12.2. The fourth-order valence-electron chi connectivity index (χ4n) is 2.40. The standard InChI is InChI=1S/C14H21N3OS/c1-4-14(5-2,6-3)15-9-11-16-10-7-8-19-12(10)13(18)17-11/h7-8,15H,4-6,9H2,1-3H3,(H,16,17,18). The van der Waals surface area contributed by atoms with Crippen molar-refractivity contribution >= 4 is 21.6 Å². The molecule has 19 heavy (non-hydrogen) atoms. The number of rotatable bonds is 6. The molecule has 0 aromatic carbocycles. The molecule has 2 rings (SSSR count). The van der Waals surface area contributed by atoms with E-state index in [9.17, 15) is 4.79 Å². The Balaban J connectivity index is 2.19. The molecule has 0 aliphatic heterocycles. The summed E-state index contributed by atoms with van der Waals surface area (Å²) in [6, 6.07) is 1.89. The molecule has 2 aromatic rings. The summed E-state index contributed by atoms with van der Waals surface area (Å²) in [6.07, 6.45) is 3.22. The minimum atomic E-state index is -0.0353. The van der Waals surface area contributed by atoms with Crippen LogP contribution in [0.4, 0.5) is 0 Å². The fourth-order valence-corrected chi connectivity index (χ4v) is 3.13. The number of hydrogen-bond donors (Lipinski definition) is 2. The third-order valence-corrected chi connectivity index (χ3v) is 4.93. The van der Waals surface area contributed by atoms with E-state index >= 15 is 0 Å². The van der Waals surface area contributed by atoms with Gasteiger partial charge in [-0.3, -0.25) is 4.79 Å². The highest BCUT2D eigenvalue weighted by atomic mass is 32.1. The van der Waals surface area contributed by atoms with E-state index in [1.54, 1.807) is 0 Å².